The van der Waals surface area contributed by atoms with E-state index in [1.54, 1.807) is 0 Å². The Balaban J connectivity index is 1.53. The average Bonchev–Trinajstić information content (AvgIpc) is 2.75. The molecule has 2 aromatic rings. The number of rotatable bonds is 8. The number of ether oxygens (including phenoxy) is 1. The molecule has 2 amide bonds. The van der Waals surface area contributed by atoms with Crippen molar-refractivity contribution < 1.29 is 14.3 Å². The Labute approximate surface area is 185 Å². The third-order valence-corrected chi connectivity index (χ3v) is 5.47. The van der Waals surface area contributed by atoms with Gasteiger partial charge in [-0.25, -0.2) is 0 Å². The van der Waals surface area contributed by atoms with Gasteiger partial charge in [-0.1, -0.05) is 43.7 Å². The zero-order valence-corrected chi connectivity index (χ0v) is 18.7. The van der Waals surface area contributed by atoms with Gasteiger partial charge in [0.15, 0.2) is 5.75 Å². The third kappa shape index (κ3) is 7.10. The van der Waals surface area contributed by atoms with Gasteiger partial charge in [0.2, 0.25) is 11.8 Å². The van der Waals surface area contributed by atoms with Crippen molar-refractivity contribution in [1.82, 2.24) is 10.2 Å². The quantitative estimate of drug-likeness (QED) is 0.667. The number of carbonyl (C=O) groups excluding carboxylic acids is 2. The van der Waals surface area contributed by atoms with E-state index in [0.29, 0.717) is 30.4 Å². The second-order valence-electron chi connectivity index (χ2n) is 8.60. The molecular weight excluding hydrogens is 390 g/mol. The summed E-state index contributed by atoms with van der Waals surface area (Å²) >= 11 is 0. The van der Waals surface area contributed by atoms with Crippen LogP contribution in [0.4, 0.5) is 5.69 Å². The second kappa shape index (κ2) is 11.0. The van der Waals surface area contributed by atoms with Crippen LogP contribution in [0, 0.1) is 18.8 Å². The molecule has 1 unspecified atom stereocenters. The van der Waals surface area contributed by atoms with E-state index >= 15 is 0 Å². The molecule has 2 aromatic carbocycles. The van der Waals surface area contributed by atoms with E-state index < -0.39 is 0 Å². The fraction of sp³-hybridized carbons (Fsp3) is 0.440. The summed E-state index contributed by atoms with van der Waals surface area (Å²) in [5.41, 5.74) is 1.82. The van der Waals surface area contributed by atoms with Crippen LogP contribution < -0.4 is 15.4 Å². The van der Waals surface area contributed by atoms with Crippen LogP contribution in [-0.2, 0) is 9.59 Å². The molecule has 2 N–H and O–H groups in total. The van der Waals surface area contributed by atoms with Gasteiger partial charge in [-0.15, -0.1) is 0 Å². The lowest BCUT2D eigenvalue weighted by atomic mass is 9.97. The lowest BCUT2D eigenvalue weighted by molar-refractivity contribution is -0.124. The first kappa shape index (κ1) is 22.8. The van der Waals surface area contributed by atoms with Gasteiger partial charge in [-0.2, -0.15) is 0 Å². The smallest absolute Gasteiger partial charge is 0.238 e. The molecule has 1 aliphatic rings. The summed E-state index contributed by atoms with van der Waals surface area (Å²) in [6, 6.07) is 15.3. The molecule has 0 bridgehead atoms. The molecule has 3 rings (SSSR count). The van der Waals surface area contributed by atoms with Gasteiger partial charge < -0.3 is 15.4 Å². The van der Waals surface area contributed by atoms with Crippen molar-refractivity contribution in [1.29, 1.82) is 0 Å². The van der Waals surface area contributed by atoms with E-state index in [9.17, 15) is 9.59 Å². The average molecular weight is 424 g/mol. The first-order valence-corrected chi connectivity index (χ1v) is 11.0. The zero-order chi connectivity index (χ0) is 22.2. The molecule has 1 heterocycles. The van der Waals surface area contributed by atoms with E-state index in [4.69, 9.17) is 4.74 Å². The summed E-state index contributed by atoms with van der Waals surface area (Å²) in [5.74, 6) is 1.74. The van der Waals surface area contributed by atoms with Crippen LogP contribution >= 0.6 is 0 Å². The number of benzene rings is 2. The lowest BCUT2D eigenvalue weighted by Crippen LogP contribution is -2.44. The molecule has 6 heteroatoms. The number of para-hydroxylation sites is 2. The largest absolute Gasteiger partial charge is 0.455 e. The first-order chi connectivity index (χ1) is 14.9. The molecule has 166 valence electrons. The second-order valence-corrected chi connectivity index (χ2v) is 8.60. The minimum absolute atomic E-state index is 0.00679. The van der Waals surface area contributed by atoms with Gasteiger partial charge in [0, 0.05) is 19.0 Å². The van der Waals surface area contributed by atoms with Crippen LogP contribution in [0.3, 0.4) is 0 Å². The molecule has 1 atom stereocenters. The number of hydrogen-bond acceptors (Lipinski definition) is 4. The van der Waals surface area contributed by atoms with Gasteiger partial charge in [-0.05, 0) is 56.5 Å². The van der Waals surface area contributed by atoms with Crippen molar-refractivity contribution in [2.75, 3.05) is 31.5 Å². The van der Waals surface area contributed by atoms with Crippen LogP contribution in [0.1, 0.15) is 32.3 Å². The summed E-state index contributed by atoms with van der Waals surface area (Å²) in [6.45, 7) is 8.52. The molecule has 0 spiro atoms. The zero-order valence-electron chi connectivity index (χ0n) is 18.7. The first-order valence-electron chi connectivity index (χ1n) is 11.0. The Morgan fingerprint density at radius 3 is 2.61 bits per heavy atom. The number of nitrogens with one attached hydrogen (secondary N) is 2. The number of aryl methyl sites for hydroxylation is 1. The van der Waals surface area contributed by atoms with Gasteiger partial charge >= 0.3 is 0 Å². The molecule has 1 fully saturated rings. The molecule has 1 saturated heterocycles. The van der Waals surface area contributed by atoms with Gasteiger partial charge in [0.05, 0.1) is 12.2 Å². The maximum absolute atomic E-state index is 12.7. The molecule has 0 aliphatic carbocycles. The summed E-state index contributed by atoms with van der Waals surface area (Å²) < 4.78 is 5.98. The topological polar surface area (TPSA) is 70.7 Å². The monoisotopic (exact) mass is 423 g/mol. The number of nitrogens with zero attached hydrogens (tertiary/aromatic N) is 1. The number of anilines is 1. The van der Waals surface area contributed by atoms with Crippen LogP contribution in [0.5, 0.6) is 11.5 Å². The van der Waals surface area contributed by atoms with Crippen molar-refractivity contribution in [2.45, 2.75) is 33.6 Å². The Bertz CT molecular complexity index is 880. The van der Waals surface area contributed by atoms with E-state index in [0.717, 1.165) is 37.2 Å². The van der Waals surface area contributed by atoms with Crippen LogP contribution in [-0.4, -0.2) is 42.9 Å². The fourth-order valence-corrected chi connectivity index (χ4v) is 3.70. The number of hydrogen-bond donors (Lipinski definition) is 2. The molecule has 0 aromatic heterocycles. The van der Waals surface area contributed by atoms with Crippen molar-refractivity contribution >= 4 is 17.5 Å². The third-order valence-electron chi connectivity index (χ3n) is 5.47. The predicted molar refractivity (Wildman–Crippen MR) is 123 cm³/mol. The Morgan fingerprint density at radius 1 is 1.13 bits per heavy atom. The number of likely N-dealkylation sites (tertiary alicyclic amines) is 1. The molecule has 0 saturated carbocycles. The maximum atomic E-state index is 12.7. The van der Waals surface area contributed by atoms with Crippen LogP contribution in [0.15, 0.2) is 48.5 Å². The fourth-order valence-electron chi connectivity index (χ4n) is 3.70. The Hall–Kier alpha value is -2.86. The lowest BCUT2D eigenvalue weighted by Gasteiger charge is -2.32. The van der Waals surface area contributed by atoms with Crippen molar-refractivity contribution in [3.05, 3.63) is 54.1 Å². The normalized spacial score (nSPS) is 16.7. The highest BCUT2D eigenvalue weighted by Gasteiger charge is 2.22. The predicted octanol–water partition coefficient (Wildman–Crippen LogP) is 4.21. The van der Waals surface area contributed by atoms with Crippen LogP contribution in [0.25, 0.3) is 0 Å². The van der Waals surface area contributed by atoms with Gasteiger partial charge in [0.1, 0.15) is 5.75 Å². The standard InChI is InChI=1S/C25H33N3O3/c1-18(2)25(30)26-15-20-7-6-14-28(16-20)17-24(29)27-22-8-4-5-9-23(22)31-21-12-10-19(3)11-13-21/h4-5,8-13,18,20H,6-7,14-17H2,1-3H3,(H,26,30)(H,27,29). The highest BCUT2D eigenvalue weighted by molar-refractivity contribution is 5.93. The molecule has 1 aliphatic heterocycles. The Morgan fingerprint density at radius 2 is 1.87 bits per heavy atom. The van der Waals surface area contributed by atoms with Gasteiger partial charge in [-0.3, -0.25) is 14.5 Å². The minimum atomic E-state index is -0.0631. The highest BCUT2D eigenvalue weighted by Crippen LogP contribution is 2.29. The van der Waals surface area contributed by atoms with E-state index in [-0.39, 0.29) is 17.7 Å². The van der Waals surface area contributed by atoms with Crippen molar-refractivity contribution in [3.63, 3.8) is 0 Å². The van der Waals surface area contributed by atoms with E-state index in [1.165, 1.54) is 0 Å². The summed E-state index contributed by atoms with van der Waals surface area (Å²) in [6.07, 6.45) is 2.10. The van der Waals surface area contributed by atoms with E-state index in [2.05, 4.69) is 15.5 Å². The summed E-state index contributed by atoms with van der Waals surface area (Å²) in [4.78, 5) is 26.7. The maximum Gasteiger partial charge on any atom is 0.238 e. The molecule has 6 nitrogen and oxygen atoms in total. The minimum Gasteiger partial charge on any atom is -0.455 e. The number of piperidine rings is 1. The van der Waals surface area contributed by atoms with Crippen molar-refractivity contribution in [3.8, 4) is 11.5 Å². The number of carbonyl (C=O) groups is 2. The Kier molecular flexibility index (Phi) is 8.06. The van der Waals surface area contributed by atoms with E-state index in [1.807, 2.05) is 69.3 Å². The summed E-state index contributed by atoms with van der Waals surface area (Å²) in [7, 11) is 0. The molecular formula is C25H33N3O3. The highest BCUT2D eigenvalue weighted by atomic mass is 16.5. The SMILES string of the molecule is Cc1ccc(Oc2ccccc2NC(=O)CN2CCCC(CNC(=O)C(C)C)C2)cc1. The molecule has 31 heavy (non-hydrogen) atoms. The number of amides is 2. The van der Waals surface area contributed by atoms with Gasteiger partial charge in [0.25, 0.3) is 0 Å². The van der Waals surface area contributed by atoms with Crippen LogP contribution in [0.2, 0.25) is 0 Å². The molecule has 0 radical (unpaired) electrons. The van der Waals surface area contributed by atoms with Crippen molar-refractivity contribution in [2.24, 2.45) is 11.8 Å². The summed E-state index contributed by atoms with van der Waals surface area (Å²) in [5, 5.41) is 6.01.